The van der Waals surface area contributed by atoms with Crippen molar-refractivity contribution in [3.8, 4) is 5.75 Å². The molecule has 24 heavy (non-hydrogen) atoms. The summed E-state index contributed by atoms with van der Waals surface area (Å²) in [5.41, 5.74) is 1.21. The molecule has 2 N–H and O–H groups in total. The lowest BCUT2D eigenvalue weighted by Crippen LogP contribution is -2.45. The molecule has 6 heteroatoms. The lowest BCUT2D eigenvalue weighted by molar-refractivity contribution is 0.297. The highest BCUT2D eigenvalue weighted by molar-refractivity contribution is 7.99. The number of benzene rings is 1. The number of hydrogen-bond donors (Lipinski definition) is 2. The zero-order valence-corrected chi connectivity index (χ0v) is 16.8. The van der Waals surface area contributed by atoms with Crippen molar-refractivity contribution in [2.24, 2.45) is 4.99 Å². The molecule has 0 heterocycles. The van der Waals surface area contributed by atoms with Gasteiger partial charge in [0.25, 0.3) is 0 Å². The summed E-state index contributed by atoms with van der Waals surface area (Å²) >= 11 is 1.84. The number of likely N-dealkylation sites (N-methyl/N-ethyl adjacent to an activating group) is 1. The zero-order chi connectivity index (χ0) is 18.2. The largest absolute Gasteiger partial charge is 0.497 e. The molecule has 0 fully saturated rings. The minimum atomic E-state index is 0.172. The second kappa shape index (κ2) is 9.79. The van der Waals surface area contributed by atoms with Gasteiger partial charge < -0.3 is 20.3 Å². The fourth-order valence-electron chi connectivity index (χ4n) is 2.23. The van der Waals surface area contributed by atoms with Crippen molar-refractivity contribution in [1.29, 1.82) is 0 Å². The Kier molecular flexibility index (Phi) is 8.42. The lowest BCUT2D eigenvalue weighted by Gasteiger charge is -2.28. The highest BCUT2D eigenvalue weighted by atomic mass is 32.2. The van der Waals surface area contributed by atoms with E-state index in [1.54, 1.807) is 14.2 Å². The summed E-state index contributed by atoms with van der Waals surface area (Å²) < 4.78 is 5.51. The Labute approximate surface area is 151 Å². The van der Waals surface area contributed by atoms with Gasteiger partial charge in [-0.1, -0.05) is 12.1 Å². The Bertz CT molecular complexity index is 532. The third-order valence-corrected chi connectivity index (χ3v) is 5.27. The summed E-state index contributed by atoms with van der Waals surface area (Å²) in [4.78, 5) is 6.52. The molecule has 1 aromatic carbocycles. The van der Waals surface area contributed by atoms with Crippen LogP contribution in [0, 0.1) is 0 Å². The molecule has 0 aromatic heterocycles. The summed E-state index contributed by atoms with van der Waals surface area (Å²) in [5, 5.41) is 6.83. The summed E-state index contributed by atoms with van der Waals surface area (Å²) in [7, 11) is 7.66. The average molecular weight is 353 g/mol. The van der Waals surface area contributed by atoms with E-state index in [0.29, 0.717) is 0 Å². The van der Waals surface area contributed by atoms with Crippen LogP contribution in [-0.4, -0.2) is 63.2 Å². The van der Waals surface area contributed by atoms with Gasteiger partial charge in [0.05, 0.1) is 13.2 Å². The van der Waals surface area contributed by atoms with E-state index in [1.165, 1.54) is 5.56 Å². The molecule has 0 aliphatic carbocycles. The molecule has 0 amide bonds. The van der Waals surface area contributed by atoms with Crippen molar-refractivity contribution in [2.75, 3.05) is 47.6 Å². The number of ether oxygens (including phenoxy) is 1. The minimum absolute atomic E-state index is 0.172. The third-order valence-electron chi connectivity index (χ3n) is 4.02. The summed E-state index contributed by atoms with van der Waals surface area (Å²) in [6.45, 7) is 6.06. The standard InChI is InChI=1S/C18H32N4OS/c1-18(2,24-7)13-21-17(19-3)20-12-16(22(4)5)14-9-8-10-15(11-14)23-6/h8-11,16H,12-13H2,1-7H3,(H2,19,20,21). The molecule has 0 saturated heterocycles. The quantitative estimate of drug-likeness (QED) is 0.556. The highest BCUT2D eigenvalue weighted by Crippen LogP contribution is 2.22. The molecular weight excluding hydrogens is 320 g/mol. The van der Waals surface area contributed by atoms with E-state index in [9.17, 15) is 0 Å². The molecule has 0 spiro atoms. The molecular formula is C18H32N4OS. The number of nitrogens with one attached hydrogen (secondary N) is 2. The Morgan fingerprint density at radius 3 is 2.58 bits per heavy atom. The summed E-state index contributed by atoms with van der Waals surface area (Å²) in [5.74, 6) is 1.70. The number of methoxy groups -OCH3 is 1. The van der Waals surface area contributed by atoms with Gasteiger partial charge in [-0.05, 0) is 51.9 Å². The Morgan fingerprint density at radius 2 is 2.04 bits per heavy atom. The van der Waals surface area contributed by atoms with Crippen LogP contribution in [0.2, 0.25) is 0 Å². The first-order chi connectivity index (χ1) is 11.3. The van der Waals surface area contributed by atoms with Crippen LogP contribution in [0.1, 0.15) is 25.5 Å². The van der Waals surface area contributed by atoms with E-state index in [-0.39, 0.29) is 10.8 Å². The van der Waals surface area contributed by atoms with Gasteiger partial charge in [0.2, 0.25) is 0 Å². The van der Waals surface area contributed by atoms with Crippen molar-refractivity contribution >= 4 is 17.7 Å². The number of guanidine groups is 1. The van der Waals surface area contributed by atoms with Crippen LogP contribution in [0.3, 0.4) is 0 Å². The van der Waals surface area contributed by atoms with Gasteiger partial charge in [-0.3, -0.25) is 4.99 Å². The average Bonchev–Trinajstić information content (AvgIpc) is 2.57. The molecule has 0 saturated carbocycles. The maximum atomic E-state index is 5.34. The van der Waals surface area contributed by atoms with Crippen LogP contribution in [0.25, 0.3) is 0 Å². The van der Waals surface area contributed by atoms with Gasteiger partial charge in [0.1, 0.15) is 5.75 Å². The minimum Gasteiger partial charge on any atom is -0.497 e. The Balaban J connectivity index is 2.71. The number of nitrogens with zero attached hydrogens (tertiary/aromatic N) is 2. The molecule has 0 bridgehead atoms. The smallest absolute Gasteiger partial charge is 0.191 e. The molecule has 0 aliphatic rings. The van der Waals surface area contributed by atoms with Crippen molar-refractivity contribution in [1.82, 2.24) is 15.5 Å². The molecule has 136 valence electrons. The van der Waals surface area contributed by atoms with Gasteiger partial charge in [0.15, 0.2) is 5.96 Å². The zero-order valence-electron chi connectivity index (χ0n) is 16.0. The van der Waals surface area contributed by atoms with Gasteiger partial charge in [-0.2, -0.15) is 11.8 Å². The molecule has 0 aliphatic heterocycles. The van der Waals surface area contributed by atoms with Crippen LogP contribution >= 0.6 is 11.8 Å². The first-order valence-corrected chi connectivity index (χ1v) is 9.35. The van der Waals surface area contributed by atoms with Crippen LogP contribution < -0.4 is 15.4 Å². The van der Waals surface area contributed by atoms with Crippen molar-refractivity contribution < 1.29 is 4.74 Å². The first-order valence-electron chi connectivity index (χ1n) is 8.13. The van der Waals surface area contributed by atoms with Crippen molar-refractivity contribution in [3.05, 3.63) is 29.8 Å². The molecule has 1 aromatic rings. The number of hydrogen-bond acceptors (Lipinski definition) is 4. The normalized spacial score (nSPS) is 13.8. The van der Waals surface area contributed by atoms with E-state index in [4.69, 9.17) is 4.74 Å². The van der Waals surface area contributed by atoms with Crippen LogP contribution in [-0.2, 0) is 0 Å². The SMILES string of the molecule is CN=C(NCC(c1cccc(OC)c1)N(C)C)NCC(C)(C)SC. The number of rotatable bonds is 8. The number of thioether (sulfide) groups is 1. The number of aliphatic imine (C=N–C) groups is 1. The van der Waals surface area contributed by atoms with Crippen LogP contribution in [0.5, 0.6) is 5.75 Å². The molecule has 1 atom stereocenters. The molecule has 1 rings (SSSR count). The molecule has 5 nitrogen and oxygen atoms in total. The van der Waals surface area contributed by atoms with Gasteiger partial charge >= 0.3 is 0 Å². The summed E-state index contributed by atoms with van der Waals surface area (Å²) in [6, 6.07) is 8.43. The van der Waals surface area contributed by atoms with Crippen LogP contribution in [0.4, 0.5) is 0 Å². The lowest BCUT2D eigenvalue weighted by atomic mass is 10.1. The Morgan fingerprint density at radius 1 is 1.33 bits per heavy atom. The van der Waals surface area contributed by atoms with E-state index in [1.807, 2.05) is 23.9 Å². The van der Waals surface area contributed by atoms with Crippen LogP contribution in [0.15, 0.2) is 29.3 Å². The fraction of sp³-hybridized carbons (Fsp3) is 0.611. The van der Waals surface area contributed by atoms with Crippen molar-refractivity contribution in [2.45, 2.75) is 24.6 Å². The van der Waals surface area contributed by atoms with E-state index < -0.39 is 0 Å². The Hall–Kier alpha value is -1.40. The molecule has 1 unspecified atom stereocenters. The maximum absolute atomic E-state index is 5.34. The monoisotopic (exact) mass is 352 g/mol. The maximum Gasteiger partial charge on any atom is 0.191 e. The van der Waals surface area contributed by atoms with Gasteiger partial charge in [0, 0.05) is 24.9 Å². The second-order valence-corrected chi connectivity index (χ2v) is 8.04. The van der Waals surface area contributed by atoms with E-state index >= 15 is 0 Å². The fourth-order valence-corrected chi connectivity index (χ4v) is 2.45. The van der Waals surface area contributed by atoms with Gasteiger partial charge in [-0.25, -0.2) is 0 Å². The third kappa shape index (κ3) is 6.61. The van der Waals surface area contributed by atoms with Gasteiger partial charge in [-0.15, -0.1) is 0 Å². The predicted octanol–water partition coefficient (Wildman–Crippen LogP) is 2.60. The van der Waals surface area contributed by atoms with E-state index in [0.717, 1.165) is 24.8 Å². The first kappa shape index (κ1) is 20.6. The van der Waals surface area contributed by atoms with E-state index in [2.05, 4.69) is 66.9 Å². The highest BCUT2D eigenvalue weighted by Gasteiger charge is 2.18. The summed E-state index contributed by atoms with van der Waals surface area (Å²) in [6.07, 6.45) is 2.13. The predicted molar refractivity (Wildman–Crippen MR) is 106 cm³/mol. The second-order valence-electron chi connectivity index (χ2n) is 6.53. The topological polar surface area (TPSA) is 48.9 Å². The molecule has 0 radical (unpaired) electrons. The van der Waals surface area contributed by atoms with Crippen molar-refractivity contribution in [3.63, 3.8) is 0 Å².